The molecule has 3 nitrogen and oxygen atoms in total. The highest BCUT2D eigenvalue weighted by Crippen LogP contribution is 2.10. The van der Waals surface area contributed by atoms with E-state index in [9.17, 15) is 0 Å². The summed E-state index contributed by atoms with van der Waals surface area (Å²) in [6.07, 6.45) is 4.29. The van der Waals surface area contributed by atoms with E-state index in [1.165, 1.54) is 18.4 Å². The Morgan fingerprint density at radius 1 is 1.39 bits per heavy atom. The molecule has 0 amide bonds. The van der Waals surface area contributed by atoms with Crippen molar-refractivity contribution in [1.29, 1.82) is 0 Å². The first kappa shape index (κ1) is 15.1. The molecule has 1 atom stereocenters. The van der Waals surface area contributed by atoms with Gasteiger partial charge in [-0.05, 0) is 30.5 Å². The molecule has 0 radical (unpaired) electrons. The lowest BCUT2D eigenvalue weighted by Gasteiger charge is -2.12. The van der Waals surface area contributed by atoms with Crippen molar-refractivity contribution in [3.8, 4) is 0 Å². The maximum atomic E-state index is 5.76. The first-order chi connectivity index (χ1) is 8.77. The highest BCUT2D eigenvalue weighted by Gasteiger charge is 2.05. The van der Waals surface area contributed by atoms with E-state index in [1.54, 1.807) is 0 Å². The Kier molecular flexibility index (Phi) is 7.62. The molecular weight excluding hydrogens is 224 g/mol. The van der Waals surface area contributed by atoms with Crippen LogP contribution in [0.2, 0.25) is 0 Å². The van der Waals surface area contributed by atoms with E-state index in [-0.39, 0.29) is 0 Å². The van der Waals surface area contributed by atoms with E-state index < -0.39 is 0 Å². The molecule has 0 aliphatic heterocycles. The summed E-state index contributed by atoms with van der Waals surface area (Å²) in [7, 11) is 0. The van der Waals surface area contributed by atoms with Gasteiger partial charge in [0.15, 0.2) is 0 Å². The van der Waals surface area contributed by atoms with Crippen molar-refractivity contribution in [1.82, 2.24) is 10.3 Å². The zero-order valence-electron chi connectivity index (χ0n) is 11.9. The lowest BCUT2D eigenvalue weighted by molar-refractivity contribution is 0.0866. The van der Waals surface area contributed by atoms with Crippen LogP contribution in [0.1, 0.15) is 44.9 Å². The lowest BCUT2D eigenvalue weighted by atomic mass is 10.1. The third-order valence-electron chi connectivity index (χ3n) is 2.97. The number of hydrogen-bond donors (Lipinski definition) is 1. The van der Waals surface area contributed by atoms with Gasteiger partial charge >= 0.3 is 0 Å². The molecule has 0 aliphatic carbocycles. The van der Waals surface area contributed by atoms with Crippen LogP contribution in [0.25, 0.3) is 0 Å². The maximum absolute atomic E-state index is 5.76. The molecule has 0 aromatic carbocycles. The standard InChI is InChI=1S/C15H26N2O/c1-4-7-13(3)11-18-12-15-14(10-16-5-2)8-6-9-17-15/h6,8-9,13,16H,4-5,7,10-12H2,1-3H3. The Morgan fingerprint density at radius 3 is 2.94 bits per heavy atom. The third kappa shape index (κ3) is 5.61. The van der Waals surface area contributed by atoms with Crippen molar-refractivity contribution in [2.45, 2.75) is 46.8 Å². The van der Waals surface area contributed by atoms with Crippen LogP contribution in [0, 0.1) is 5.92 Å². The second-order valence-electron chi connectivity index (χ2n) is 4.80. The van der Waals surface area contributed by atoms with Crippen molar-refractivity contribution in [3.05, 3.63) is 29.6 Å². The average molecular weight is 250 g/mol. The van der Waals surface area contributed by atoms with Gasteiger partial charge in [-0.15, -0.1) is 0 Å². The topological polar surface area (TPSA) is 34.1 Å². The first-order valence-corrected chi connectivity index (χ1v) is 6.99. The molecule has 18 heavy (non-hydrogen) atoms. The predicted molar refractivity (Wildman–Crippen MR) is 75.3 cm³/mol. The van der Waals surface area contributed by atoms with E-state index >= 15 is 0 Å². The number of aromatic nitrogens is 1. The fraction of sp³-hybridized carbons (Fsp3) is 0.667. The van der Waals surface area contributed by atoms with E-state index in [0.29, 0.717) is 12.5 Å². The second-order valence-corrected chi connectivity index (χ2v) is 4.80. The molecule has 0 bridgehead atoms. The normalized spacial score (nSPS) is 12.6. The summed E-state index contributed by atoms with van der Waals surface area (Å²) in [5.74, 6) is 0.635. The molecule has 3 heteroatoms. The van der Waals surface area contributed by atoms with Crippen LogP contribution in [0.5, 0.6) is 0 Å². The van der Waals surface area contributed by atoms with Gasteiger partial charge in [-0.1, -0.05) is 33.3 Å². The van der Waals surface area contributed by atoms with Crippen LogP contribution in [0.15, 0.2) is 18.3 Å². The van der Waals surface area contributed by atoms with E-state index in [2.05, 4.69) is 37.1 Å². The van der Waals surface area contributed by atoms with Gasteiger partial charge in [0.2, 0.25) is 0 Å². The SMILES string of the molecule is CCCC(C)COCc1ncccc1CNCC. The Morgan fingerprint density at radius 2 is 2.22 bits per heavy atom. The minimum Gasteiger partial charge on any atom is -0.375 e. The fourth-order valence-corrected chi connectivity index (χ4v) is 1.95. The number of nitrogens with one attached hydrogen (secondary N) is 1. The van der Waals surface area contributed by atoms with Crippen LogP contribution in [-0.2, 0) is 17.9 Å². The summed E-state index contributed by atoms with van der Waals surface area (Å²) in [4.78, 5) is 4.41. The monoisotopic (exact) mass is 250 g/mol. The quantitative estimate of drug-likeness (QED) is 0.731. The molecule has 0 fully saturated rings. The van der Waals surface area contributed by atoms with Crippen molar-refractivity contribution >= 4 is 0 Å². The number of nitrogens with zero attached hydrogens (tertiary/aromatic N) is 1. The summed E-state index contributed by atoms with van der Waals surface area (Å²) < 4.78 is 5.76. The van der Waals surface area contributed by atoms with Crippen LogP contribution >= 0.6 is 0 Å². The van der Waals surface area contributed by atoms with Gasteiger partial charge < -0.3 is 10.1 Å². The van der Waals surface area contributed by atoms with Gasteiger partial charge in [0.05, 0.1) is 12.3 Å². The Balaban J connectivity index is 2.40. The highest BCUT2D eigenvalue weighted by atomic mass is 16.5. The molecule has 1 aromatic heterocycles. The largest absolute Gasteiger partial charge is 0.375 e. The van der Waals surface area contributed by atoms with Gasteiger partial charge in [0.1, 0.15) is 0 Å². The van der Waals surface area contributed by atoms with Gasteiger partial charge in [0.25, 0.3) is 0 Å². The predicted octanol–water partition coefficient (Wildman–Crippen LogP) is 3.14. The van der Waals surface area contributed by atoms with Crippen LogP contribution < -0.4 is 5.32 Å². The molecule has 0 saturated carbocycles. The van der Waals surface area contributed by atoms with Crippen molar-refractivity contribution < 1.29 is 4.74 Å². The van der Waals surface area contributed by atoms with Crippen LogP contribution in [0.3, 0.4) is 0 Å². The van der Waals surface area contributed by atoms with Gasteiger partial charge in [-0.25, -0.2) is 0 Å². The molecule has 1 heterocycles. The first-order valence-electron chi connectivity index (χ1n) is 6.99. The van der Waals surface area contributed by atoms with E-state index in [4.69, 9.17) is 4.74 Å². The molecule has 1 N–H and O–H groups in total. The smallest absolute Gasteiger partial charge is 0.0891 e. The third-order valence-corrected chi connectivity index (χ3v) is 2.97. The molecule has 0 aliphatic rings. The molecular formula is C15H26N2O. The molecule has 0 spiro atoms. The number of pyridine rings is 1. The Labute approximate surface area is 111 Å². The highest BCUT2D eigenvalue weighted by molar-refractivity contribution is 5.18. The maximum Gasteiger partial charge on any atom is 0.0891 e. The van der Waals surface area contributed by atoms with Crippen LogP contribution in [0.4, 0.5) is 0 Å². The number of ether oxygens (including phenoxy) is 1. The molecule has 1 unspecified atom stereocenters. The lowest BCUT2D eigenvalue weighted by Crippen LogP contribution is -2.15. The summed E-state index contributed by atoms with van der Waals surface area (Å²) >= 11 is 0. The van der Waals surface area contributed by atoms with E-state index in [0.717, 1.165) is 25.4 Å². The van der Waals surface area contributed by atoms with Gasteiger partial charge in [0, 0.05) is 19.3 Å². The Hall–Kier alpha value is -0.930. The van der Waals surface area contributed by atoms with Crippen LogP contribution in [-0.4, -0.2) is 18.1 Å². The summed E-state index contributed by atoms with van der Waals surface area (Å²) in [5, 5.41) is 3.33. The molecule has 1 rings (SSSR count). The van der Waals surface area contributed by atoms with Gasteiger partial charge in [-0.2, -0.15) is 0 Å². The minimum atomic E-state index is 0.621. The number of rotatable bonds is 9. The fourth-order valence-electron chi connectivity index (χ4n) is 1.95. The van der Waals surface area contributed by atoms with E-state index in [1.807, 2.05) is 12.3 Å². The Bertz CT molecular complexity index is 328. The summed E-state index contributed by atoms with van der Waals surface area (Å²) in [6, 6.07) is 4.10. The zero-order chi connectivity index (χ0) is 13.2. The average Bonchev–Trinajstić information content (AvgIpc) is 2.38. The summed E-state index contributed by atoms with van der Waals surface area (Å²) in [5.41, 5.74) is 2.30. The number of hydrogen-bond acceptors (Lipinski definition) is 3. The van der Waals surface area contributed by atoms with Gasteiger partial charge in [-0.3, -0.25) is 4.98 Å². The molecule has 102 valence electrons. The second kappa shape index (κ2) is 9.06. The molecule has 1 aromatic rings. The van der Waals surface area contributed by atoms with Crippen molar-refractivity contribution in [2.75, 3.05) is 13.2 Å². The summed E-state index contributed by atoms with van der Waals surface area (Å²) in [6.45, 7) is 9.85. The van der Waals surface area contributed by atoms with Crippen molar-refractivity contribution in [2.24, 2.45) is 5.92 Å². The van der Waals surface area contributed by atoms with Crippen molar-refractivity contribution in [3.63, 3.8) is 0 Å². The molecule has 0 saturated heterocycles. The zero-order valence-corrected chi connectivity index (χ0v) is 11.9. The minimum absolute atomic E-state index is 0.621.